The summed E-state index contributed by atoms with van der Waals surface area (Å²) in [6, 6.07) is 43.9. The first kappa shape index (κ1) is 22.7. The van der Waals surface area contributed by atoms with E-state index in [1.807, 2.05) is 36.4 Å². The molecule has 4 heterocycles. The second-order valence-corrected chi connectivity index (χ2v) is 11.0. The summed E-state index contributed by atoms with van der Waals surface area (Å²) in [5.41, 5.74) is 6.87. The topological polar surface area (TPSA) is 57.0 Å². The Morgan fingerprint density at radius 3 is 2.00 bits per heavy atom. The van der Waals surface area contributed by atoms with Crippen LogP contribution < -0.4 is 0 Å². The van der Waals surface area contributed by atoms with Gasteiger partial charge in [0.15, 0.2) is 0 Å². The van der Waals surface area contributed by atoms with Gasteiger partial charge in [-0.3, -0.25) is 4.57 Å². The van der Waals surface area contributed by atoms with Crippen molar-refractivity contribution < 1.29 is 8.83 Å². The largest absolute Gasteiger partial charge is 0.456 e. The van der Waals surface area contributed by atoms with Crippen LogP contribution in [-0.4, -0.2) is 14.5 Å². The molecule has 5 heteroatoms. The van der Waals surface area contributed by atoms with Crippen LogP contribution in [-0.2, 0) is 0 Å². The number of benzene rings is 6. The van der Waals surface area contributed by atoms with Gasteiger partial charge in [-0.15, -0.1) is 0 Å². The minimum atomic E-state index is 0.553. The van der Waals surface area contributed by atoms with Crippen LogP contribution in [0, 0.1) is 0 Å². The highest BCUT2D eigenvalue weighted by atomic mass is 16.3. The van der Waals surface area contributed by atoms with Crippen molar-refractivity contribution in [2.24, 2.45) is 0 Å². The van der Waals surface area contributed by atoms with E-state index in [1.54, 1.807) is 0 Å². The van der Waals surface area contributed by atoms with Crippen molar-refractivity contribution in [1.29, 1.82) is 0 Å². The lowest BCUT2D eigenvalue weighted by Gasteiger charge is -2.10. The van der Waals surface area contributed by atoms with Crippen molar-refractivity contribution in [2.45, 2.75) is 0 Å². The summed E-state index contributed by atoms with van der Waals surface area (Å²) in [7, 11) is 0. The predicted octanol–water partition coefficient (Wildman–Crippen LogP) is 10.2. The summed E-state index contributed by atoms with van der Waals surface area (Å²) in [4.78, 5) is 10.4. The Hall–Kier alpha value is -5.94. The third kappa shape index (κ3) is 3.16. The Kier molecular flexibility index (Phi) is 4.39. The fourth-order valence-corrected chi connectivity index (χ4v) is 6.66. The molecule has 6 aromatic carbocycles. The fraction of sp³-hybridized carbons (Fsp3) is 0. The average Bonchev–Trinajstić information content (AvgIpc) is 3.72. The molecule has 0 saturated heterocycles. The molecule has 0 fully saturated rings. The van der Waals surface area contributed by atoms with Crippen LogP contribution >= 0.6 is 0 Å². The maximum Gasteiger partial charge on any atom is 0.238 e. The van der Waals surface area contributed by atoms with Crippen molar-refractivity contribution in [2.75, 3.05) is 0 Å². The molecule has 200 valence electrons. The smallest absolute Gasteiger partial charge is 0.238 e. The number of nitrogens with zero attached hydrogens (tertiary/aromatic N) is 3. The van der Waals surface area contributed by atoms with Crippen LogP contribution in [0.3, 0.4) is 0 Å². The molecule has 10 aromatic rings. The summed E-state index contributed by atoms with van der Waals surface area (Å²) in [5.74, 6) is 0.563. The lowest BCUT2D eigenvalue weighted by molar-refractivity contribution is 0.651. The van der Waals surface area contributed by atoms with Crippen molar-refractivity contribution >= 4 is 76.6 Å². The quantitative estimate of drug-likeness (QED) is 0.214. The minimum Gasteiger partial charge on any atom is -0.456 e. The Balaban J connectivity index is 1.33. The van der Waals surface area contributed by atoms with Gasteiger partial charge in [-0.25, -0.2) is 4.98 Å². The Morgan fingerprint density at radius 2 is 1.14 bits per heavy atom. The van der Waals surface area contributed by atoms with Crippen LogP contribution in [0.1, 0.15) is 0 Å². The van der Waals surface area contributed by atoms with E-state index in [2.05, 4.69) is 95.6 Å². The van der Waals surface area contributed by atoms with Gasteiger partial charge in [0.2, 0.25) is 11.7 Å². The Morgan fingerprint density at radius 1 is 0.465 bits per heavy atom. The molecule has 0 saturated carbocycles. The van der Waals surface area contributed by atoms with Crippen LogP contribution in [0.2, 0.25) is 0 Å². The van der Waals surface area contributed by atoms with Crippen molar-refractivity contribution in [3.63, 3.8) is 0 Å². The van der Waals surface area contributed by atoms with Crippen LogP contribution in [0.5, 0.6) is 0 Å². The number of hydrogen-bond donors (Lipinski definition) is 0. The van der Waals surface area contributed by atoms with E-state index >= 15 is 0 Å². The molecule has 4 aromatic heterocycles. The van der Waals surface area contributed by atoms with Gasteiger partial charge in [0.05, 0.1) is 22.1 Å². The van der Waals surface area contributed by atoms with Crippen LogP contribution in [0.15, 0.2) is 136 Å². The summed E-state index contributed by atoms with van der Waals surface area (Å²) >= 11 is 0. The maximum atomic E-state index is 6.40. The minimum absolute atomic E-state index is 0.553. The molecule has 0 aliphatic heterocycles. The molecule has 0 spiro atoms. The third-order valence-electron chi connectivity index (χ3n) is 8.62. The van der Waals surface area contributed by atoms with E-state index in [0.29, 0.717) is 11.7 Å². The Bertz CT molecular complexity index is 2750. The van der Waals surface area contributed by atoms with Gasteiger partial charge >= 0.3 is 0 Å². The first-order valence-electron chi connectivity index (χ1n) is 14.3. The van der Waals surface area contributed by atoms with E-state index in [4.69, 9.17) is 18.8 Å². The van der Waals surface area contributed by atoms with Crippen LogP contribution in [0.4, 0.5) is 0 Å². The molecule has 5 nitrogen and oxygen atoms in total. The number of aromatic nitrogens is 3. The second kappa shape index (κ2) is 8.30. The molecule has 0 aliphatic carbocycles. The molecule has 0 aliphatic rings. The molecule has 0 amide bonds. The molecular formula is C38H21N3O2. The summed E-state index contributed by atoms with van der Waals surface area (Å²) < 4.78 is 14.8. The van der Waals surface area contributed by atoms with Gasteiger partial charge in [0.25, 0.3) is 0 Å². The number of para-hydroxylation sites is 3. The lowest BCUT2D eigenvalue weighted by Crippen LogP contribution is -2.02. The van der Waals surface area contributed by atoms with E-state index in [1.165, 1.54) is 10.8 Å². The van der Waals surface area contributed by atoms with E-state index in [9.17, 15) is 0 Å². The number of fused-ring (bicyclic) bond motifs is 10. The standard InChI is InChI=1S/C38H21N3O2/c1-2-10-23-20-31-29(19-22(23)9-1)25-11-3-6-14-30(25)41(31)38-39-36(35-28-13-5-8-16-33(28)43-37(35)40-38)24-17-18-27-26-12-4-7-15-32(26)42-34(27)21-24/h1-21H. The molecule has 0 bridgehead atoms. The summed E-state index contributed by atoms with van der Waals surface area (Å²) in [6.45, 7) is 0. The first-order valence-corrected chi connectivity index (χ1v) is 14.3. The second-order valence-electron chi connectivity index (χ2n) is 11.0. The highest BCUT2D eigenvalue weighted by molar-refractivity contribution is 6.15. The zero-order valence-corrected chi connectivity index (χ0v) is 22.8. The summed E-state index contributed by atoms with van der Waals surface area (Å²) in [5, 5.41) is 8.73. The molecule has 0 radical (unpaired) electrons. The fourth-order valence-electron chi connectivity index (χ4n) is 6.66. The van der Waals surface area contributed by atoms with Crippen molar-refractivity contribution in [3.8, 4) is 17.2 Å². The molecule has 0 atom stereocenters. The van der Waals surface area contributed by atoms with Crippen molar-refractivity contribution in [1.82, 2.24) is 14.5 Å². The zero-order valence-electron chi connectivity index (χ0n) is 22.8. The summed E-state index contributed by atoms with van der Waals surface area (Å²) in [6.07, 6.45) is 0. The first-order chi connectivity index (χ1) is 21.3. The van der Waals surface area contributed by atoms with Gasteiger partial charge in [0, 0.05) is 32.5 Å². The number of rotatable bonds is 2. The average molecular weight is 552 g/mol. The lowest BCUT2D eigenvalue weighted by atomic mass is 10.0. The van der Waals surface area contributed by atoms with E-state index in [0.717, 1.165) is 71.4 Å². The van der Waals surface area contributed by atoms with Gasteiger partial charge in [-0.1, -0.05) is 84.9 Å². The molecule has 0 N–H and O–H groups in total. The third-order valence-corrected chi connectivity index (χ3v) is 8.62. The monoisotopic (exact) mass is 551 g/mol. The van der Waals surface area contributed by atoms with Gasteiger partial charge < -0.3 is 8.83 Å². The number of hydrogen-bond acceptors (Lipinski definition) is 4. The van der Waals surface area contributed by atoms with Crippen LogP contribution in [0.25, 0.3) is 93.8 Å². The zero-order chi connectivity index (χ0) is 28.1. The molecule has 10 rings (SSSR count). The van der Waals surface area contributed by atoms with E-state index in [-0.39, 0.29) is 0 Å². The normalized spacial score (nSPS) is 12.2. The Labute approximate surface area is 244 Å². The number of furan rings is 2. The SMILES string of the molecule is c1ccc2cc3c(cc2c1)c1ccccc1n3-c1nc(-c2ccc3c(c2)oc2ccccc23)c2c(n1)oc1ccccc12. The van der Waals surface area contributed by atoms with Crippen molar-refractivity contribution in [3.05, 3.63) is 127 Å². The molecular weight excluding hydrogens is 530 g/mol. The maximum absolute atomic E-state index is 6.40. The molecule has 43 heavy (non-hydrogen) atoms. The van der Waals surface area contributed by atoms with Gasteiger partial charge in [-0.2, -0.15) is 4.98 Å². The van der Waals surface area contributed by atoms with Gasteiger partial charge in [-0.05, 0) is 53.2 Å². The van der Waals surface area contributed by atoms with Gasteiger partial charge in [0.1, 0.15) is 16.7 Å². The molecule has 0 unspecified atom stereocenters. The predicted molar refractivity (Wildman–Crippen MR) is 174 cm³/mol. The highest BCUT2D eigenvalue weighted by Gasteiger charge is 2.22. The van der Waals surface area contributed by atoms with E-state index < -0.39 is 0 Å². The highest BCUT2D eigenvalue weighted by Crippen LogP contribution is 2.40.